The number of hydrogen-bond donors (Lipinski definition) is 2. The molecule has 5 heteroatoms. The second-order valence-electron chi connectivity index (χ2n) is 6.71. The Morgan fingerprint density at radius 1 is 1.26 bits per heavy atom. The van der Waals surface area contributed by atoms with Crippen LogP contribution >= 0.6 is 11.6 Å². The number of hydrogen-bond acceptors (Lipinski definition) is 3. The molecule has 0 aliphatic heterocycles. The van der Waals surface area contributed by atoms with Gasteiger partial charge in [-0.2, -0.15) is 0 Å². The number of fused-ring (bicyclic) bond motifs is 1. The van der Waals surface area contributed by atoms with Crippen LogP contribution in [0, 0.1) is 6.92 Å². The molecule has 0 aliphatic carbocycles. The highest BCUT2D eigenvalue weighted by Gasteiger charge is 2.23. The van der Waals surface area contributed by atoms with Crippen LogP contribution in [0.2, 0.25) is 5.02 Å². The summed E-state index contributed by atoms with van der Waals surface area (Å²) in [6.45, 7) is 4.05. The van der Waals surface area contributed by atoms with Crippen LogP contribution in [0.5, 0.6) is 5.75 Å². The average molecular weight is 383 g/mol. The van der Waals surface area contributed by atoms with Crippen LogP contribution in [0.15, 0.2) is 48.7 Å². The van der Waals surface area contributed by atoms with E-state index in [0.29, 0.717) is 27.9 Å². The van der Waals surface area contributed by atoms with Crippen molar-refractivity contribution < 1.29 is 9.90 Å². The van der Waals surface area contributed by atoms with Gasteiger partial charge in [-0.15, -0.1) is 0 Å². The number of halogens is 1. The molecule has 1 unspecified atom stereocenters. The van der Waals surface area contributed by atoms with E-state index in [4.69, 9.17) is 11.6 Å². The summed E-state index contributed by atoms with van der Waals surface area (Å²) in [6.07, 6.45) is 3.82. The number of aromatic nitrogens is 1. The van der Waals surface area contributed by atoms with Crippen molar-refractivity contribution in [1.29, 1.82) is 0 Å². The molecule has 1 amide bonds. The molecule has 140 valence electrons. The zero-order chi connectivity index (χ0) is 19.4. The van der Waals surface area contributed by atoms with Crippen LogP contribution in [0.25, 0.3) is 10.9 Å². The number of nitrogens with zero attached hydrogens (tertiary/aromatic N) is 1. The molecule has 0 saturated heterocycles. The number of aryl methyl sites for hydroxylation is 1. The van der Waals surface area contributed by atoms with Crippen molar-refractivity contribution >= 4 is 28.4 Å². The Balaban J connectivity index is 2.09. The van der Waals surface area contributed by atoms with E-state index in [-0.39, 0.29) is 11.7 Å². The largest absolute Gasteiger partial charge is 0.505 e. The van der Waals surface area contributed by atoms with E-state index < -0.39 is 6.04 Å². The lowest BCUT2D eigenvalue weighted by Crippen LogP contribution is -2.29. The fraction of sp³-hybridized carbons (Fsp3) is 0.273. The fourth-order valence-corrected chi connectivity index (χ4v) is 3.37. The van der Waals surface area contributed by atoms with E-state index in [1.807, 2.05) is 44.2 Å². The van der Waals surface area contributed by atoms with Crippen molar-refractivity contribution in [2.45, 2.75) is 39.2 Å². The smallest absolute Gasteiger partial charge is 0.220 e. The quantitative estimate of drug-likeness (QED) is 0.608. The summed E-state index contributed by atoms with van der Waals surface area (Å²) in [7, 11) is 0. The number of carbonyl (C=O) groups is 1. The molecule has 3 rings (SSSR count). The van der Waals surface area contributed by atoms with E-state index in [0.717, 1.165) is 24.0 Å². The summed E-state index contributed by atoms with van der Waals surface area (Å²) in [4.78, 5) is 16.7. The molecule has 2 N–H and O–H groups in total. The summed E-state index contributed by atoms with van der Waals surface area (Å²) in [6, 6.07) is 12.7. The molecule has 0 spiro atoms. The molecule has 0 bridgehead atoms. The van der Waals surface area contributed by atoms with Gasteiger partial charge in [0.15, 0.2) is 0 Å². The minimum Gasteiger partial charge on any atom is -0.505 e. The SMILES string of the molecule is CCCCC(=O)NC(c1ccc(C)cc1)c1cc(Cl)c2cccnc2c1O. The van der Waals surface area contributed by atoms with Gasteiger partial charge in [0.2, 0.25) is 5.91 Å². The van der Waals surface area contributed by atoms with E-state index in [2.05, 4.69) is 10.3 Å². The molecule has 4 nitrogen and oxygen atoms in total. The van der Waals surface area contributed by atoms with Crippen molar-refractivity contribution in [2.24, 2.45) is 0 Å². The Hall–Kier alpha value is -2.59. The number of phenols is 1. The van der Waals surface area contributed by atoms with Crippen LogP contribution in [-0.4, -0.2) is 16.0 Å². The van der Waals surface area contributed by atoms with Gasteiger partial charge >= 0.3 is 0 Å². The number of carbonyl (C=O) groups excluding carboxylic acids is 1. The number of phenolic OH excluding ortho intramolecular Hbond substituents is 1. The second-order valence-corrected chi connectivity index (χ2v) is 7.12. The lowest BCUT2D eigenvalue weighted by atomic mass is 9.95. The maximum absolute atomic E-state index is 12.4. The maximum Gasteiger partial charge on any atom is 0.220 e. The minimum atomic E-state index is -0.501. The van der Waals surface area contributed by atoms with Crippen molar-refractivity contribution in [3.8, 4) is 5.75 Å². The number of aromatic hydroxyl groups is 1. The number of rotatable bonds is 6. The Kier molecular flexibility index (Phi) is 5.97. The highest BCUT2D eigenvalue weighted by molar-refractivity contribution is 6.35. The first-order valence-corrected chi connectivity index (χ1v) is 9.51. The average Bonchev–Trinajstić information content (AvgIpc) is 2.68. The Morgan fingerprint density at radius 2 is 2.00 bits per heavy atom. The number of benzene rings is 2. The predicted octanol–water partition coefficient (Wildman–Crippen LogP) is 5.30. The maximum atomic E-state index is 12.4. The highest BCUT2D eigenvalue weighted by Crippen LogP contribution is 2.38. The fourth-order valence-electron chi connectivity index (χ4n) is 3.10. The molecule has 27 heavy (non-hydrogen) atoms. The van der Waals surface area contributed by atoms with Gasteiger partial charge in [0.25, 0.3) is 0 Å². The molecule has 1 atom stereocenters. The molecule has 1 aromatic heterocycles. The van der Waals surface area contributed by atoms with E-state index >= 15 is 0 Å². The Bertz CT molecular complexity index is 954. The first-order chi connectivity index (χ1) is 13.0. The van der Waals surface area contributed by atoms with Crippen LogP contribution in [-0.2, 0) is 4.79 Å². The number of nitrogens with one attached hydrogen (secondary N) is 1. The molecular formula is C22H23ClN2O2. The zero-order valence-corrected chi connectivity index (χ0v) is 16.3. The van der Waals surface area contributed by atoms with E-state index in [1.54, 1.807) is 18.3 Å². The van der Waals surface area contributed by atoms with Crippen LogP contribution in [0.4, 0.5) is 0 Å². The van der Waals surface area contributed by atoms with Crippen molar-refractivity contribution in [2.75, 3.05) is 0 Å². The van der Waals surface area contributed by atoms with Gasteiger partial charge in [0.05, 0.1) is 11.1 Å². The monoisotopic (exact) mass is 382 g/mol. The zero-order valence-electron chi connectivity index (χ0n) is 15.5. The highest BCUT2D eigenvalue weighted by atomic mass is 35.5. The lowest BCUT2D eigenvalue weighted by molar-refractivity contribution is -0.121. The van der Waals surface area contributed by atoms with Gasteiger partial charge in [-0.05, 0) is 37.1 Å². The number of pyridine rings is 1. The molecule has 1 heterocycles. The molecular weight excluding hydrogens is 360 g/mol. The number of amides is 1. The predicted molar refractivity (Wildman–Crippen MR) is 109 cm³/mol. The number of unbranched alkanes of at least 4 members (excludes halogenated alkanes) is 1. The van der Waals surface area contributed by atoms with Gasteiger partial charge in [-0.1, -0.05) is 54.8 Å². The third-order valence-corrected chi connectivity index (χ3v) is 4.94. The van der Waals surface area contributed by atoms with Crippen LogP contribution < -0.4 is 5.32 Å². The summed E-state index contributed by atoms with van der Waals surface area (Å²) >= 11 is 6.45. The van der Waals surface area contributed by atoms with Crippen LogP contribution in [0.3, 0.4) is 0 Å². The first kappa shape index (κ1) is 19.2. The van der Waals surface area contributed by atoms with E-state index in [1.165, 1.54) is 0 Å². The standard InChI is InChI=1S/C22H23ClN2O2/c1-3-4-7-19(26)25-20(15-10-8-14(2)9-11-15)17-13-18(23)16-6-5-12-24-21(16)22(17)27/h5-6,8-13,20,27H,3-4,7H2,1-2H3,(H,25,26). The minimum absolute atomic E-state index is 0.0383. The Labute approximate surface area is 164 Å². The third kappa shape index (κ3) is 4.22. The van der Waals surface area contributed by atoms with Gasteiger partial charge in [0, 0.05) is 23.6 Å². The summed E-state index contributed by atoms with van der Waals surface area (Å²) in [5.74, 6) is -0.0181. The van der Waals surface area contributed by atoms with Crippen molar-refractivity contribution in [3.05, 3.63) is 70.4 Å². The van der Waals surface area contributed by atoms with Crippen molar-refractivity contribution in [1.82, 2.24) is 10.3 Å². The van der Waals surface area contributed by atoms with Gasteiger partial charge < -0.3 is 10.4 Å². The second kappa shape index (κ2) is 8.40. The normalized spacial score (nSPS) is 12.1. The van der Waals surface area contributed by atoms with Gasteiger partial charge in [0.1, 0.15) is 11.3 Å². The summed E-state index contributed by atoms with van der Waals surface area (Å²) < 4.78 is 0. The topological polar surface area (TPSA) is 62.2 Å². The first-order valence-electron chi connectivity index (χ1n) is 9.13. The molecule has 3 aromatic rings. The molecule has 0 saturated carbocycles. The lowest BCUT2D eigenvalue weighted by Gasteiger charge is -2.22. The Morgan fingerprint density at radius 3 is 2.70 bits per heavy atom. The molecule has 0 aliphatic rings. The third-order valence-electron chi connectivity index (χ3n) is 4.63. The molecule has 2 aromatic carbocycles. The molecule has 0 fully saturated rings. The summed E-state index contributed by atoms with van der Waals surface area (Å²) in [5, 5.41) is 15.1. The molecule has 0 radical (unpaired) electrons. The van der Waals surface area contributed by atoms with E-state index in [9.17, 15) is 9.90 Å². The van der Waals surface area contributed by atoms with Gasteiger partial charge in [-0.25, -0.2) is 0 Å². The van der Waals surface area contributed by atoms with Gasteiger partial charge in [-0.3, -0.25) is 9.78 Å². The van der Waals surface area contributed by atoms with Crippen LogP contribution in [0.1, 0.15) is 48.9 Å². The van der Waals surface area contributed by atoms with Crippen molar-refractivity contribution in [3.63, 3.8) is 0 Å². The summed E-state index contributed by atoms with van der Waals surface area (Å²) in [5.41, 5.74) is 2.98.